The fourth-order valence-electron chi connectivity index (χ4n) is 3.59. The van der Waals surface area contributed by atoms with Crippen molar-refractivity contribution >= 4 is 28.4 Å². The van der Waals surface area contributed by atoms with E-state index in [1.54, 1.807) is 7.11 Å². The zero-order chi connectivity index (χ0) is 20.4. The highest BCUT2D eigenvalue weighted by Crippen LogP contribution is 2.23. The molecule has 1 fully saturated rings. The van der Waals surface area contributed by atoms with E-state index in [2.05, 4.69) is 10.3 Å². The lowest BCUT2D eigenvalue weighted by atomic mass is 10.1. The lowest BCUT2D eigenvalue weighted by molar-refractivity contribution is -0.117. The Labute approximate surface area is 169 Å². The van der Waals surface area contributed by atoms with Gasteiger partial charge >= 0.3 is 0 Å². The number of aromatic nitrogens is 1. The number of methoxy groups -OCH3 is 1. The third kappa shape index (κ3) is 3.92. The molecule has 0 atom stereocenters. The van der Waals surface area contributed by atoms with Gasteiger partial charge in [0.2, 0.25) is 5.91 Å². The van der Waals surface area contributed by atoms with Gasteiger partial charge < -0.3 is 15.0 Å². The van der Waals surface area contributed by atoms with Gasteiger partial charge in [0.15, 0.2) is 0 Å². The zero-order valence-electron chi connectivity index (χ0n) is 16.6. The van der Waals surface area contributed by atoms with Crippen LogP contribution in [0.5, 0.6) is 5.75 Å². The molecule has 6 heteroatoms. The van der Waals surface area contributed by atoms with Crippen LogP contribution in [-0.2, 0) is 11.3 Å². The summed E-state index contributed by atoms with van der Waals surface area (Å²) in [6.45, 7) is 3.01. The molecule has 2 aromatic carbocycles. The predicted octanol–water partition coefficient (Wildman–Crippen LogP) is 3.61. The molecule has 0 radical (unpaired) electrons. The Morgan fingerprint density at radius 3 is 2.66 bits per heavy atom. The summed E-state index contributed by atoms with van der Waals surface area (Å²) >= 11 is 0. The number of fused-ring (bicyclic) bond motifs is 1. The summed E-state index contributed by atoms with van der Waals surface area (Å²) < 4.78 is 5.23. The van der Waals surface area contributed by atoms with Crippen molar-refractivity contribution in [1.29, 1.82) is 0 Å². The molecular formula is C23H23N3O3. The van der Waals surface area contributed by atoms with Crippen molar-refractivity contribution in [3.63, 3.8) is 0 Å². The van der Waals surface area contributed by atoms with E-state index in [9.17, 15) is 9.59 Å². The number of amides is 2. The third-order valence-corrected chi connectivity index (χ3v) is 5.23. The van der Waals surface area contributed by atoms with Crippen LogP contribution in [0.2, 0.25) is 0 Å². The molecule has 1 aliphatic heterocycles. The predicted molar refractivity (Wildman–Crippen MR) is 112 cm³/mol. The third-order valence-electron chi connectivity index (χ3n) is 5.23. The van der Waals surface area contributed by atoms with Crippen LogP contribution in [0.4, 0.5) is 5.69 Å². The van der Waals surface area contributed by atoms with E-state index in [0.29, 0.717) is 24.2 Å². The molecule has 0 aliphatic carbocycles. The first-order valence-electron chi connectivity index (χ1n) is 9.68. The molecule has 1 saturated heterocycles. The van der Waals surface area contributed by atoms with E-state index in [0.717, 1.165) is 40.9 Å². The fraction of sp³-hybridized carbons (Fsp3) is 0.261. The number of aryl methyl sites for hydroxylation is 1. The Morgan fingerprint density at radius 1 is 1.17 bits per heavy atom. The first-order chi connectivity index (χ1) is 14.0. The highest BCUT2D eigenvalue weighted by atomic mass is 16.5. The van der Waals surface area contributed by atoms with Crippen LogP contribution in [0.1, 0.15) is 34.5 Å². The zero-order valence-corrected chi connectivity index (χ0v) is 16.6. The number of hydrogen-bond acceptors (Lipinski definition) is 4. The Kier molecular flexibility index (Phi) is 5.16. The van der Waals surface area contributed by atoms with E-state index in [1.807, 2.05) is 60.4 Å². The average molecular weight is 389 g/mol. The topological polar surface area (TPSA) is 71.5 Å². The Balaban J connectivity index is 1.45. The van der Waals surface area contributed by atoms with Crippen LogP contribution in [-0.4, -0.2) is 30.5 Å². The lowest BCUT2D eigenvalue weighted by Crippen LogP contribution is -2.25. The van der Waals surface area contributed by atoms with Crippen LogP contribution in [0.3, 0.4) is 0 Å². The molecule has 1 aromatic heterocycles. The first-order valence-corrected chi connectivity index (χ1v) is 9.68. The molecule has 1 aliphatic rings. The molecule has 0 bridgehead atoms. The van der Waals surface area contributed by atoms with Gasteiger partial charge in [-0.25, -0.2) is 0 Å². The van der Waals surface area contributed by atoms with Gasteiger partial charge in [-0.1, -0.05) is 12.1 Å². The molecule has 0 spiro atoms. The number of anilines is 1. The van der Waals surface area contributed by atoms with E-state index >= 15 is 0 Å². The molecular weight excluding hydrogens is 366 g/mol. The number of rotatable bonds is 5. The lowest BCUT2D eigenvalue weighted by Gasteiger charge is -2.16. The SMILES string of the molecule is COc1ccc2cc(C(=O)NCc3ccc(N4CCCC4=O)cc3)c(C)nc2c1. The summed E-state index contributed by atoms with van der Waals surface area (Å²) in [5, 5.41) is 3.85. The quantitative estimate of drug-likeness (QED) is 0.724. The minimum Gasteiger partial charge on any atom is -0.497 e. The van der Waals surface area contributed by atoms with Gasteiger partial charge in [-0.05, 0) is 49.2 Å². The van der Waals surface area contributed by atoms with Gasteiger partial charge in [0.05, 0.1) is 23.9 Å². The number of carbonyl (C=O) groups is 2. The van der Waals surface area contributed by atoms with E-state index in [4.69, 9.17) is 4.74 Å². The largest absolute Gasteiger partial charge is 0.497 e. The van der Waals surface area contributed by atoms with Crippen LogP contribution in [0, 0.1) is 6.92 Å². The van der Waals surface area contributed by atoms with Gasteiger partial charge in [0.25, 0.3) is 5.91 Å². The van der Waals surface area contributed by atoms with E-state index in [1.165, 1.54) is 0 Å². The van der Waals surface area contributed by atoms with Crippen molar-refractivity contribution in [2.45, 2.75) is 26.3 Å². The standard InChI is InChI=1S/C23H23N3O3/c1-15-20(12-17-7-10-19(29-2)13-21(17)25-15)23(28)24-14-16-5-8-18(9-6-16)26-11-3-4-22(26)27/h5-10,12-13H,3-4,11,14H2,1-2H3,(H,24,28). The van der Waals surface area contributed by atoms with Crippen molar-refractivity contribution < 1.29 is 14.3 Å². The smallest absolute Gasteiger partial charge is 0.253 e. The van der Waals surface area contributed by atoms with Crippen molar-refractivity contribution in [3.8, 4) is 5.75 Å². The highest BCUT2D eigenvalue weighted by molar-refractivity contribution is 5.99. The second-order valence-corrected chi connectivity index (χ2v) is 7.18. The van der Waals surface area contributed by atoms with Crippen molar-refractivity contribution in [1.82, 2.24) is 10.3 Å². The summed E-state index contributed by atoms with van der Waals surface area (Å²) in [5.74, 6) is 0.746. The van der Waals surface area contributed by atoms with Crippen molar-refractivity contribution in [3.05, 3.63) is 65.4 Å². The first kappa shape index (κ1) is 18.9. The van der Waals surface area contributed by atoms with E-state index < -0.39 is 0 Å². The van der Waals surface area contributed by atoms with E-state index in [-0.39, 0.29) is 11.8 Å². The van der Waals surface area contributed by atoms with Crippen LogP contribution < -0.4 is 15.0 Å². The number of hydrogen-bond donors (Lipinski definition) is 1. The molecule has 2 amide bonds. The molecule has 29 heavy (non-hydrogen) atoms. The van der Waals surface area contributed by atoms with Crippen LogP contribution in [0.25, 0.3) is 10.9 Å². The minimum atomic E-state index is -0.161. The fourth-order valence-corrected chi connectivity index (χ4v) is 3.59. The molecule has 0 saturated carbocycles. The summed E-state index contributed by atoms with van der Waals surface area (Å²) in [5.41, 5.74) is 3.91. The number of nitrogens with one attached hydrogen (secondary N) is 1. The number of benzene rings is 2. The highest BCUT2D eigenvalue weighted by Gasteiger charge is 2.21. The number of nitrogens with zero attached hydrogens (tertiary/aromatic N) is 2. The van der Waals surface area contributed by atoms with Crippen molar-refractivity contribution in [2.75, 3.05) is 18.6 Å². The second kappa shape index (κ2) is 7.91. The van der Waals surface area contributed by atoms with Gasteiger partial charge in [-0.2, -0.15) is 0 Å². The average Bonchev–Trinajstić information content (AvgIpc) is 3.17. The maximum Gasteiger partial charge on any atom is 0.253 e. The molecule has 3 aromatic rings. The number of ether oxygens (including phenoxy) is 1. The Bertz CT molecular complexity index is 1080. The number of pyridine rings is 1. The van der Waals surface area contributed by atoms with Crippen LogP contribution in [0.15, 0.2) is 48.5 Å². The minimum absolute atomic E-state index is 0.161. The Hall–Kier alpha value is -3.41. The Morgan fingerprint density at radius 2 is 1.97 bits per heavy atom. The molecule has 0 unspecified atom stereocenters. The van der Waals surface area contributed by atoms with Gasteiger partial charge in [-0.15, -0.1) is 0 Å². The molecule has 2 heterocycles. The summed E-state index contributed by atoms with van der Waals surface area (Å²) in [6.07, 6.45) is 1.52. The molecule has 6 nitrogen and oxygen atoms in total. The summed E-state index contributed by atoms with van der Waals surface area (Å²) in [7, 11) is 1.62. The molecule has 148 valence electrons. The number of carbonyl (C=O) groups excluding carboxylic acids is 2. The summed E-state index contributed by atoms with van der Waals surface area (Å²) in [6, 6.07) is 15.2. The molecule has 1 N–H and O–H groups in total. The van der Waals surface area contributed by atoms with Crippen molar-refractivity contribution in [2.24, 2.45) is 0 Å². The normalized spacial score (nSPS) is 13.7. The maximum atomic E-state index is 12.7. The molecule has 4 rings (SSSR count). The maximum absolute atomic E-state index is 12.7. The van der Waals surface area contributed by atoms with Gasteiger partial charge in [-0.3, -0.25) is 14.6 Å². The second-order valence-electron chi connectivity index (χ2n) is 7.18. The monoisotopic (exact) mass is 389 g/mol. The summed E-state index contributed by atoms with van der Waals surface area (Å²) in [4.78, 5) is 30.9. The van der Waals surface area contributed by atoms with Gasteiger partial charge in [0.1, 0.15) is 5.75 Å². The van der Waals surface area contributed by atoms with Gasteiger partial charge in [0, 0.05) is 36.7 Å². The van der Waals surface area contributed by atoms with Crippen LogP contribution >= 0.6 is 0 Å².